The van der Waals surface area contributed by atoms with E-state index in [1.54, 1.807) is 37.5 Å². The van der Waals surface area contributed by atoms with Crippen LogP contribution in [-0.2, 0) is 12.6 Å². The summed E-state index contributed by atoms with van der Waals surface area (Å²) in [5.41, 5.74) is 1.34. The predicted molar refractivity (Wildman–Crippen MR) is 144 cm³/mol. The number of anilines is 1. The van der Waals surface area contributed by atoms with Gasteiger partial charge in [0, 0.05) is 35.8 Å². The summed E-state index contributed by atoms with van der Waals surface area (Å²) < 4.78 is 44.5. The van der Waals surface area contributed by atoms with E-state index in [9.17, 15) is 22.8 Å². The van der Waals surface area contributed by atoms with Gasteiger partial charge in [0.2, 0.25) is 5.88 Å². The molecule has 0 spiro atoms. The second-order valence-electron chi connectivity index (χ2n) is 8.43. The summed E-state index contributed by atoms with van der Waals surface area (Å²) in [7, 11) is 1.51. The average molecular weight is 591 g/mol. The van der Waals surface area contributed by atoms with Crippen molar-refractivity contribution in [2.45, 2.75) is 32.5 Å². The van der Waals surface area contributed by atoms with Crippen LogP contribution in [0.1, 0.15) is 56.1 Å². The van der Waals surface area contributed by atoms with E-state index in [0.717, 1.165) is 28.7 Å². The topological polar surface area (TPSA) is 119 Å². The minimum absolute atomic E-state index is 0.119. The number of hydrogen-bond acceptors (Lipinski definition) is 8. The van der Waals surface area contributed by atoms with Crippen LogP contribution in [0.5, 0.6) is 5.88 Å². The number of ether oxygens (including phenoxy) is 1. The molecule has 0 bridgehead atoms. The van der Waals surface area contributed by atoms with Crippen LogP contribution in [0.3, 0.4) is 0 Å². The van der Waals surface area contributed by atoms with Crippen LogP contribution in [0.2, 0.25) is 5.02 Å². The molecule has 4 aromatic rings. The van der Waals surface area contributed by atoms with E-state index in [-0.39, 0.29) is 16.6 Å². The van der Waals surface area contributed by atoms with Gasteiger partial charge in [-0.3, -0.25) is 14.6 Å². The van der Waals surface area contributed by atoms with Gasteiger partial charge in [0.1, 0.15) is 15.7 Å². The fourth-order valence-corrected chi connectivity index (χ4v) is 4.67. The van der Waals surface area contributed by atoms with Gasteiger partial charge in [0.15, 0.2) is 0 Å². The Kier molecular flexibility index (Phi) is 8.64. The van der Waals surface area contributed by atoms with Gasteiger partial charge < -0.3 is 15.4 Å². The molecule has 0 fully saturated rings. The van der Waals surface area contributed by atoms with Crippen molar-refractivity contribution in [2.24, 2.45) is 0 Å². The molecule has 1 unspecified atom stereocenters. The Morgan fingerprint density at radius 3 is 2.55 bits per heavy atom. The molecule has 2 amide bonds. The lowest BCUT2D eigenvalue weighted by Crippen LogP contribution is -2.27. The normalized spacial score (nSPS) is 12.1. The molecule has 4 aromatic heterocycles. The first kappa shape index (κ1) is 28.9. The van der Waals surface area contributed by atoms with Gasteiger partial charge in [-0.05, 0) is 37.1 Å². The maximum atomic E-state index is 13.2. The van der Waals surface area contributed by atoms with Crippen molar-refractivity contribution >= 4 is 40.6 Å². The molecule has 9 nitrogen and oxygen atoms in total. The van der Waals surface area contributed by atoms with E-state index >= 15 is 0 Å². The molecule has 40 heavy (non-hydrogen) atoms. The van der Waals surface area contributed by atoms with Gasteiger partial charge >= 0.3 is 6.18 Å². The zero-order valence-corrected chi connectivity index (χ0v) is 22.9. The van der Waals surface area contributed by atoms with Crippen molar-refractivity contribution in [1.29, 1.82) is 0 Å². The first-order valence-electron chi connectivity index (χ1n) is 11.8. The highest BCUT2D eigenvalue weighted by molar-refractivity contribution is 7.13. The molecule has 4 heterocycles. The van der Waals surface area contributed by atoms with Crippen LogP contribution in [0.25, 0.3) is 11.3 Å². The summed E-state index contributed by atoms with van der Waals surface area (Å²) in [6.45, 7) is 3.61. The molecule has 0 aromatic carbocycles. The maximum absolute atomic E-state index is 13.2. The van der Waals surface area contributed by atoms with Gasteiger partial charge in [-0.25, -0.2) is 15.0 Å². The van der Waals surface area contributed by atoms with Crippen LogP contribution in [0.4, 0.5) is 19.0 Å². The number of aromatic nitrogens is 4. The van der Waals surface area contributed by atoms with Crippen LogP contribution in [0, 0.1) is 0 Å². The van der Waals surface area contributed by atoms with E-state index < -0.39 is 28.7 Å². The number of thiazole rings is 1. The van der Waals surface area contributed by atoms with E-state index in [2.05, 4.69) is 30.6 Å². The molecule has 14 heteroatoms. The molecular formula is C26H22ClF3N6O3S. The Hall–Kier alpha value is -4.10. The zero-order chi connectivity index (χ0) is 29.0. The molecule has 4 rings (SSSR count). The van der Waals surface area contributed by atoms with E-state index in [1.165, 1.54) is 13.3 Å². The van der Waals surface area contributed by atoms with Crippen molar-refractivity contribution in [2.75, 3.05) is 12.4 Å². The Morgan fingerprint density at radius 1 is 1.07 bits per heavy atom. The molecular weight excluding hydrogens is 569 g/mol. The fourth-order valence-electron chi connectivity index (χ4n) is 3.65. The average Bonchev–Trinajstić information content (AvgIpc) is 3.44. The largest absolute Gasteiger partial charge is 0.481 e. The number of nitrogens with one attached hydrogen (secondary N) is 2. The number of hydrogen-bond donors (Lipinski definition) is 2. The number of carbonyl (C=O) groups is 2. The van der Waals surface area contributed by atoms with Crippen molar-refractivity contribution in [3.8, 4) is 17.1 Å². The first-order chi connectivity index (χ1) is 19.0. The number of alkyl halides is 3. The van der Waals surface area contributed by atoms with Crippen molar-refractivity contribution in [3.63, 3.8) is 0 Å². The lowest BCUT2D eigenvalue weighted by molar-refractivity contribution is -0.137. The maximum Gasteiger partial charge on any atom is 0.418 e. The summed E-state index contributed by atoms with van der Waals surface area (Å²) in [6.07, 6.45) is 1.18. The Balaban J connectivity index is 1.48. The Morgan fingerprint density at radius 2 is 1.85 bits per heavy atom. The molecule has 0 aliphatic rings. The third kappa shape index (κ3) is 6.54. The molecule has 0 aliphatic heterocycles. The van der Waals surface area contributed by atoms with Crippen molar-refractivity contribution in [3.05, 3.63) is 80.7 Å². The molecule has 0 radical (unpaired) electrons. The lowest BCUT2D eigenvalue weighted by atomic mass is 10.0. The number of carbonyl (C=O) groups excluding carboxylic acids is 2. The quantitative estimate of drug-likeness (QED) is 0.259. The highest BCUT2D eigenvalue weighted by Gasteiger charge is 2.34. The summed E-state index contributed by atoms with van der Waals surface area (Å²) in [4.78, 5) is 42.5. The van der Waals surface area contributed by atoms with Crippen LogP contribution in [0.15, 0.2) is 49.1 Å². The van der Waals surface area contributed by atoms with E-state index in [4.69, 9.17) is 16.3 Å². The second-order valence-corrected chi connectivity index (χ2v) is 9.90. The molecule has 1 atom stereocenters. The SMILES string of the molecule is CCc1cnc(-c2ccnc(OC)c2)cc1C(=O)NC(C)c1ncc(C(=O)Nc2cc(C(F)(F)F)c(Cl)cn2)s1. The first-order valence-corrected chi connectivity index (χ1v) is 13.0. The second kappa shape index (κ2) is 12.0. The minimum atomic E-state index is -4.71. The highest BCUT2D eigenvalue weighted by atomic mass is 35.5. The summed E-state index contributed by atoms with van der Waals surface area (Å²) >= 11 is 6.57. The molecule has 208 valence electrons. The minimum Gasteiger partial charge on any atom is -0.481 e. The smallest absolute Gasteiger partial charge is 0.418 e. The Bertz CT molecular complexity index is 1560. The standard InChI is InChI=1S/C26H22ClF3N6O3S/c1-4-14-10-32-19(15-5-6-31-22(7-15)39-3)8-16(14)23(37)35-13(2)25-34-12-20(40-25)24(38)36-21-9-17(26(28,29)30)18(27)11-33-21/h5-13H,4H2,1-3H3,(H,35,37)(H,33,36,38). The van der Waals surface area contributed by atoms with Crippen LogP contribution < -0.4 is 15.4 Å². The Labute approximate surface area is 235 Å². The van der Waals surface area contributed by atoms with Gasteiger partial charge in [0.25, 0.3) is 11.8 Å². The van der Waals surface area contributed by atoms with Crippen LogP contribution in [-0.4, -0.2) is 38.9 Å². The summed E-state index contributed by atoms with van der Waals surface area (Å²) in [6, 6.07) is 5.23. The monoisotopic (exact) mass is 590 g/mol. The summed E-state index contributed by atoms with van der Waals surface area (Å²) in [5.74, 6) is -0.967. The third-order valence-corrected chi connectivity index (χ3v) is 7.20. The molecule has 0 saturated heterocycles. The number of amides is 2. The molecule has 0 saturated carbocycles. The number of halogens is 4. The van der Waals surface area contributed by atoms with Gasteiger partial charge in [-0.2, -0.15) is 13.2 Å². The van der Waals surface area contributed by atoms with E-state index in [1.807, 2.05) is 6.92 Å². The van der Waals surface area contributed by atoms with Crippen molar-refractivity contribution in [1.82, 2.24) is 25.3 Å². The van der Waals surface area contributed by atoms with Gasteiger partial charge in [0.05, 0.1) is 35.6 Å². The van der Waals surface area contributed by atoms with E-state index in [0.29, 0.717) is 34.6 Å². The summed E-state index contributed by atoms with van der Waals surface area (Å²) in [5, 5.41) is 5.04. The fraction of sp³-hybridized carbons (Fsp3) is 0.231. The van der Waals surface area contributed by atoms with Gasteiger partial charge in [-0.1, -0.05) is 18.5 Å². The number of aryl methyl sites for hydroxylation is 1. The van der Waals surface area contributed by atoms with Crippen molar-refractivity contribution < 1.29 is 27.5 Å². The number of rotatable bonds is 8. The number of methoxy groups -OCH3 is 1. The highest BCUT2D eigenvalue weighted by Crippen LogP contribution is 2.35. The lowest BCUT2D eigenvalue weighted by Gasteiger charge is -2.14. The number of nitrogens with zero attached hydrogens (tertiary/aromatic N) is 4. The van der Waals surface area contributed by atoms with Crippen LogP contribution >= 0.6 is 22.9 Å². The molecule has 0 aliphatic carbocycles. The predicted octanol–water partition coefficient (Wildman–Crippen LogP) is 5.98. The third-order valence-electron chi connectivity index (χ3n) is 5.72. The zero-order valence-electron chi connectivity index (χ0n) is 21.3. The van der Waals surface area contributed by atoms with Gasteiger partial charge in [-0.15, -0.1) is 11.3 Å². The molecule has 2 N–H and O–H groups in total. The number of pyridine rings is 3.